The maximum Gasteiger partial charge on any atom is 0.0178 e. The van der Waals surface area contributed by atoms with Crippen molar-refractivity contribution in [2.45, 2.75) is 30.5 Å². The van der Waals surface area contributed by atoms with Crippen molar-refractivity contribution in [3.8, 4) is 0 Å². The molecule has 0 fully saturated rings. The van der Waals surface area contributed by atoms with Gasteiger partial charge in [-0.1, -0.05) is 26.0 Å². The number of hydrogen-bond donors (Lipinski definition) is 1. The van der Waals surface area contributed by atoms with Crippen LogP contribution in [-0.4, -0.2) is 5.25 Å². The normalized spacial score (nSPS) is 10.7. The van der Waals surface area contributed by atoms with Crippen LogP contribution >= 0.6 is 11.8 Å². The maximum atomic E-state index is 5.54. The zero-order valence-corrected chi connectivity index (χ0v) is 8.40. The molecule has 12 heavy (non-hydrogen) atoms. The van der Waals surface area contributed by atoms with Crippen LogP contribution in [0.2, 0.25) is 0 Å². The predicted molar refractivity (Wildman–Crippen MR) is 55.3 cm³/mol. The Morgan fingerprint density at radius 3 is 2.75 bits per heavy atom. The zero-order valence-electron chi connectivity index (χ0n) is 7.58. The van der Waals surface area contributed by atoms with Gasteiger partial charge in [0.2, 0.25) is 0 Å². The standard InChI is InChI=1S/C10H15NS/c1-8(2)12-10-5-3-4-9(6-10)7-11/h3-6,8H,7,11H2,1-2H3. The monoisotopic (exact) mass is 181 g/mol. The molecule has 2 N–H and O–H groups in total. The quantitative estimate of drug-likeness (QED) is 0.725. The molecular weight excluding hydrogens is 166 g/mol. The molecule has 66 valence electrons. The van der Waals surface area contributed by atoms with E-state index < -0.39 is 0 Å². The summed E-state index contributed by atoms with van der Waals surface area (Å²) in [6.07, 6.45) is 0. The Kier molecular flexibility index (Phi) is 3.63. The number of hydrogen-bond acceptors (Lipinski definition) is 2. The predicted octanol–water partition coefficient (Wildman–Crippen LogP) is 2.65. The van der Waals surface area contributed by atoms with E-state index in [0.717, 1.165) is 0 Å². The first-order chi connectivity index (χ1) is 5.72. The molecule has 0 spiro atoms. The minimum absolute atomic E-state index is 0.631. The van der Waals surface area contributed by atoms with Crippen molar-refractivity contribution in [3.63, 3.8) is 0 Å². The summed E-state index contributed by atoms with van der Waals surface area (Å²) < 4.78 is 0. The summed E-state index contributed by atoms with van der Waals surface area (Å²) in [6, 6.07) is 8.41. The average Bonchev–Trinajstić information content (AvgIpc) is 2.03. The molecule has 0 heterocycles. The van der Waals surface area contributed by atoms with Gasteiger partial charge in [-0.05, 0) is 17.7 Å². The molecule has 1 aromatic carbocycles. The fourth-order valence-corrected chi connectivity index (χ4v) is 1.94. The van der Waals surface area contributed by atoms with E-state index >= 15 is 0 Å². The summed E-state index contributed by atoms with van der Waals surface area (Å²) in [6.45, 7) is 5.02. The van der Waals surface area contributed by atoms with E-state index in [9.17, 15) is 0 Å². The fourth-order valence-electron chi connectivity index (χ4n) is 1.02. The Labute approximate surface area is 78.4 Å². The van der Waals surface area contributed by atoms with Gasteiger partial charge in [-0.15, -0.1) is 11.8 Å². The van der Waals surface area contributed by atoms with E-state index in [4.69, 9.17) is 5.73 Å². The van der Waals surface area contributed by atoms with Crippen LogP contribution in [0, 0.1) is 0 Å². The van der Waals surface area contributed by atoms with Crippen LogP contribution in [0.4, 0.5) is 0 Å². The average molecular weight is 181 g/mol. The second kappa shape index (κ2) is 4.53. The third kappa shape index (κ3) is 2.88. The van der Waals surface area contributed by atoms with Crippen LogP contribution in [0.25, 0.3) is 0 Å². The summed E-state index contributed by atoms with van der Waals surface area (Å²) in [5.74, 6) is 0. The first-order valence-electron chi connectivity index (χ1n) is 4.18. The summed E-state index contributed by atoms with van der Waals surface area (Å²) >= 11 is 1.87. The third-order valence-electron chi connectivity index (χ3n) is 1.51. The second-order valence-electron chi connectivity index (χ2n) is 3.02. The molecule has 0 radical (unpaired) electrons. The van der Waals surface area contributed by atoms with Crippen LogP contribution < -0.4 is 5.73 Å². The van der Waals surface area contributed by atoms with Gasteiger partial charge in [-0.3, -0.25) is 0 Å². The number of thioether (sulfide) groups is 1. The molecule has 0 unspecified atom stereocenters. The van der Waals surface area contributed by atoms with Crippen LogP contribution in [0.3, 0.4) is 0 Å². The topological polar surface area (TPSA) is 26.0 Å². The van der Waals surface area contributed by atoms with Crippen LogP contribution in [-0.2, 0) is 6.54 Å². The zero-order chi connectivity index (χ0) is 8.97. The molecule has 0 aliphatic rings. The Balaban J connectivity index is 2.72. The molecule has 0 aliphatic carbocycles. The van der Waals surface area contributed by atoms with E-state index in [1.165, 1.54) is 10.5 Å². The molecule has 0 aromatic heterocycles. The first kappa shape index (κ1) is 9.62. The lowest BCUT2D eigenvalue weighted by atomic mass is 10.2. The van der Waals surface area contributed by atoms with Gasteiger partial charge in [0.05, 0.1) is 0 Å². The molecule has 1 aromatic rings. The second-order valence-corrected chi connectivity index (χ2v) is 4.67. The Morgan fingerprint density at radius 2 is 2.17 bits per heavy atom. The van der Waals surface area contributed by atoms with Gasteiger partial charge in [-0.25, -0.2) is 0 Å². The summed E-state index contributed by atoms with van der Waals surface area (Å²) in [4.78, 5) is 1.31. The number of rotatable bonds is 3. The number of benzene rings is 1. The maximum absolute atomic E-state index is 5.54. The molecule has 0 aliphatic heterocycles. The van der Waals surface area contributed by atoms with Crippen molar-refractivity contribution in [2.75, 3.05) is 0 Å². The lowest BCUT2D eigenvalue weighted by molar-refractivity contribution is 1.06. The van der Waals surface area contributed by atoms with Crippen molar-refractivity contribution in [3.05, 3.63) is 29.8 Å². The Morgan fingerprint density at radius 1 is 1.42 bits per heavy atom. The molecule has 0 amide bonds. The van der Waals surface area contributed by atoms with E-state index in [1.807, 2.05) is 11.8 Å². The SMILES string of the molecule is CC(C)Sc1cccc(CN)c1. The molecule has 1 nitrogen and oxygen atoms in total. The summed E-state index contributed by atoms with van der Waals surface area (Å²) in [5, 5.41) is 0.637. The molecule has 0 saturated carbocycles. The Bertz CT molecular complexity index is 245. The molecule has 0 saturated heterocycles. The van der Waals surface area contributed by atoms with E-state index in [1.54, 1.807) is 0 Å². The highest BCUT2D eigenvalue weighted by Crippen LogP contribution is 2.23. The fraction of sp³-hybridized carbons (Fsp3) is 0.400. The summed E-state index contributed by atoms with van der Waals surface area (Å²) in [7, 11) is 0. The minimum Gasteiger partial charge on any atom is -0.326 e. The van der Waals surface area contributed by atoms with Crippen LogP contribution in [0.1, 0.15) is 19.4 Å². The van der Waals surface area contributed by atoms with Gasteiger partial charge in [0.25, 0.3) is 0 Å². The molecule has 0 bridgehead atoms. The van der Waals surface area contributed by atoms with Gasteiger partial charge < -0.3 is 5.73 Å². The van der Waals surface area contributed by atoms with Gasteiger partial charge >= 0.3 is 0 Å². The van der Waals surface area contributed by atoms with Crippen LogP contribution in [0.15, 0.2) is 29.2 Å². The van der Waals surface area contributed by atoms with Crippen molar-refractivity contribution < 1.29 is 0 Å². The highest BCUT2D eigenvalue weighted by Gasteiger charge is 1.98. The van der Waals surface area contributed by atoms with Crippen molar-refractivity contribution in [1.82, 2.24) is 0 Å². The highest BCUT2D eigenvalue weighted by molar-refractivity contribution is 7.99. The Hall–Kier alpha value is -0.470. The molecule has 2 heteroatoms. The van der Waals surface area contributed by atoms with Crippen molar-refractivity contribution >= 4 is 11.8 Å². The summed E-state index contributed by atoms with van der Waals surface area (Å²) in [5.41, 5.74) is 6.75. The van der Waals surface area contributed by atoms with Crippen molar-refractivity contribution in [1.29, 1.82) is 0 Å². The smallest absolute Gasteiger partial charge is 0.0178 e. The largest absolute Gasteiger partial charge is 0.326 e. The van der Waals surface area contributed by atoms with E-state index in [-0.39, 0.29) is 0 Å². The first-order valence-corrected chi connectivity index (χ1v) is 5.06. The van der Waals surface area contributed by atoms with E-state index in [2.05, 4.69) is 38.1 Å². The molecule has 0 atom stereocenters. The molecular formula is C10H15NS. The lowest BCUT2D eigenvalue weighted by Crippen LogP contribution is -1.96. The minimum atomic E-state index is 0.631. The van der Waals surface area contributed by atoms with Gasteiger partial charge in [-0.2, -0.15) is 0 Å². The van der Waals surface area contributed by atoms with Gasteiger partial charge in [0, 0.05) is 16.7 Å². The van der Waals surface area contributed by atoms with E-state index in [0.29, 0.717) is 11.8 Å². The van der Waals surface area contributed by atoms with Crippen molar-refractivity contribution in [2.24, 2.45) is 5.73 Å². The lowest BCUT2D eigenvalue weighted by Gasteiger charge is -2.05. The molecule has 1 rings (SSSR count). The highest BCUT2D eigenvalue weighted by atomic mass is 32.2. The number of nitrogens with two attached hydrogens (primary N) is 1. The van der Waals surface area contributed by atoms with Crippen LogP contribution in [0.5, 0.6) is 0 Å². The third-order valence-corrected chi connectivity index (χ3v) is 2.50. The van der Waals surface area contributed by atoms with Gasteiger partial charge in [0.1, 0.15) is 0 Å². The van der Waals surface area contributed by atoms with Gasteiger partial charge in [0.15, 0.2) is 0 Å².